The van der Waals surface area contributed by atoms with Crippen LogP contribution in [0.1, 0.15) is 54.4 Å². The summed E-state index contributed by atoms with van der Waals surface area (Å²) < 4.78 is 16.9. The van der Waals surface area contributed by atoms with Crippen LogP contribution in [-0.2, 0) is 14.3 Å². The zero-order valence-corrected chi connectivity index (χ0v) is 19.5. The molecular formula is C26H38O4. The first kappa shape index (κ1) is 24.2. The monoisotopic (exact) mass is 414 g/mol. The lowest BCUT2D eigenvalue weighted by Gasteiger charge is -2.35. The molecule has 0 aliphatic rings. The Bertz CT molecular complexity index is 804. The third-order valence-electron chi connectivity index (χ3n) is 5.73. The lowest BCUT2D eigenvalue weighted by atomic mass is 9.70. The lowest BCUT2D eigenvalue weighted by molar-refractivity contribution is -0.155. The van der Waals surface area contributed by atoms with Gasteiger partial charge in [0.05, 0.1) is 19.1 Å². The van der Waals surface area contributed by atoms with Gasteiger partial charge in [0.15, 0.2) is 0 Å². The summed E-state index contributed by atoms with van der Waals surface area (Å²) in [4.78, 5) is 12.7. The van der Waals surface area contributed by atoms with Crippen molar-refractivity contribution < 1.29 is 19.0 Å². The smallest absolute Gasteiger partial charge is 0.309 e. The lowest BCUT2D eigenvalue weighted by Crippen LogP contribution is -2.34. The van der Waals surface area contributed by atoms with Gasteiger partial charge in [0.1, 0.15) is 19.0 Å². The van der Waals surface area contributed by atoms with Gasteiger partial charge in [0.25, 0.3) is 0 Å². The van der Waals surface area contributed by atoms with E-state index < -0.39 is 0 Å². The van der Waals surface area contributed by atoms with E-state index >= 15 is 0 Å². The predicted molar refractivity (Wildman–Crippen MR) is 123 cm³/mol. The predicted octanol–water partition coefficient (Wildman–Crippen LogP) is 6.27. The van der Waals surface area contributed by atoms with Gasteiger partial charge in [-0.1, -0.05) is 78.3 Å². The largest absolute Gasteiger partial charge is 0.491 e. The van der Waals surface area contributed by atoms with Crippen molar-refractivity contribution in [2.45, 2.75) is 54.4 Å². The van der Waals surface area contributed by atoms with E-state index in [1.807, 2.05) is 24.3 Å². The van der Waals surface area contributed by atoms with E-state index in [-0.39, 0.29) is 29.3 Å². The number of carbonyl (C=O) groups excluding carboxylic acids is 1. The third-order valence-corrected chi connectivity index (χ3v) is 5.73. The van der Waals surface area contributed by atoms with Crippen LogP contribution in [0.3, 0.4) is 0 Å². The molecule has 2 aromatic carbocycles. The van der Waals surface area contributed by atoms with E-state index in [4.69, 9.17) is 14.2 Å². The quantitative estimate of drug-likeness (QED) is 0.321. The summed E-state index contributed by atoms with van der Waals surface area (Å²) in [7, 11) is 0. The minimum atomic E-state index is -0.127. The maximum Gasteiger partial charge on any atom is 0.309 e. The number of rotatable bonds is 11. The van der Waals surface area contributed by atoms with Crippen LogP contribution in [0.15, 0.2) is 42.5 Å². The number of carbonyl (C=O) groups is 1. The van der Waals surface area contributed by atoms with E-state index in [0.717, 1.165) is 24.0 Å². The Morgan fingerprint density at radius 1 is 0.900 bits per heavy atom. The Kier molecular flexibility index (Phi) is 8.72. The number of esters is 1. The second kappa shape index (κ2) is 10.8. The molecule has 0 aliphatic heterocycles. The van der Waals surface area contributed by atoms with Crippen molar-refractivity contribution >= 4 is 16.7 Å². The van der Waals surface area contributed by atoms with Crippen molar-refractivity contribution in [3.8, 4) is 5.75 Å². The average Bonchev–Trinajstić information content (AvgIpc) is 2.70. The molecular weight excluding hydrogens is 376 g/mol. The maximum absolute atomic E-state index is 12.7. The molecule has 0 heterocycles. The molecule has 0 aromatic heterocycles. The summed E-state index contributed by atoms with van der Waals surface area (Å²) in [6.07, 6.45) is 1.86. The topological polar surface area (TPSA) is 44.8 Å². The molecule has 4 heteroatoms. The van der Waals surface area contributed by atoms with Gasteiger partial charge < -0.3 is 14.2 Å². The summed E-state index contributed by atoms with van der Waals surface area (Å²) in [5.74, 6) is 0.582. The van der Waals surface area contributed by atoms with Crippen molar-refractivity contribution in [2.75, 3.05) is 26.4 Å². The molecule has 0 saturated heterocycles. The first-order valence-corrected chi connectivity index (χ1v) is 11.0. The van der Waals surface area contributed by atoms with Crippen LogP contribution < -0.4 is 4.74 Å². The first-order chi connectivity index (χ1) is 14.1. The molecule has 0 spiro atoms. The van der Waals surface area contributed by atoms with E-state index in [1.54, 1.807) is 0 Å². The molecule has 166 valence electrons. The molecule has 2 rings (SSSR count). The second-order valence-electron chi connectivity index (χ2n) is 9.78. The minimum Gasteiger partial charge on any atom is -0.491 e. The van der Waals surface area contributed by atoms with Crippen molar-refractivity contribution in [1.29, 1.82) is 0 Å². The highest BCUT2D eigenvalue weighted by Crippen LogP contribution is 2.38. The second-order valence-corrected chi connectivity index (χ2v) is 9.78. The number of hydrogen-bond acceptors (Lipinski definition) is 4. The minimum absolute atomic E-state index is 0.119. The fourth-order valence-corrected chi connectivity index (χ4v) is 3.32. The maximum atomic E-state index is 12.7. The molecule has 2 aromatic rings. The molecule has 1 unspecified atom stereocenters. The van der Waals surface area contributed by atoms with Gasteiger partial charge in [-0.3, -0.25) is 4.79 Å². The SMILES string of the molecule is CCC(C)(C)CC(C(=O)OCCOCCOc1ccc2ccccc2c1)C(C)(C)C. The normalized spacial score (nSPS) is 13.3. The zero-order valence-electron chi connectivity index (χ0n) is 19.5. The van der Waals surface area contributed by atoms with Gasteiger partial charge in [-0.05, 0) is 40.2 Å². The number of benzene rings is 2. The van der Waals surface area contributed by atoms with Gasteiger partial charge in [0.2, 0.25) is 0 Å². The molecule has 0 aliphatic carbocycles. The van der Waals surface area contributed by atoms with Crippen LogP contribution in [0.4, 0.5) is 0 Å². The molecule has 0 saturated carbocycles. The summed E-state index contributed by atoms with van der Waals surface area (Å²) in [5, 5.41) is 2.35. The van der Waals surface area contributed by atoms with Crippen molar-refractivity contribution in [3.63, 3.8) is 0 Å². The van der Waals surface area contributed by atoms with Crippen LogP contribution in [-0.4, -0.2) is 32.4 Å². The highest BCUT2D eigenvalue weighted by Gasteiger charge is 2.36. The molecule has 1 atom stereocenters. The molecule has 30 heavy (non-hydrogen) atoms. The fraction of sp³-hybridized carbons (Fsp3) is 0.577. The summed E-state index contributed by atoms with van der Waals surface area (Å²) >= 11 is 0. The fourth-order valence-electron chi connectivity index (χ4n) is 3.32. The molecule has 0 N–H and O–H groups in total. The van der Waals surface area contributed by atoms with Gasteiger partial charge in [0, 0.05) is 0 Å². The van der Waals surface area contributed by atoms with Crippen LogP contribution in [0.5, 0.6) is 5.75 Å². The van der Waals surface area contributed by atoms with Crippen molar-refractivity contribution in [3.05, 3.63) is 42.5 Å². The molecule has 0 fully saturated rings. The van der Waals surface area contributed by atoms with E-state index in [1.165, 1.54) is 5.39 Å². The highest BCUT2D eigenvalue weighted by molar-refractivity contribution is 5.83. The van der Waals surface area contributed by atoms with E-state index in [2.05, 4.69) is 59.7 Å². The molecule has 4 nitrogen and oxygen atoms in total. The van der Waals surface area contributed by atoms with Gasteiger partial charge in [-0.15, -0.1) is 0 Å². The van der Waals surface area contributed by atoms with E-state index in [9.17, 15) is 4.79 Å². The van der Waals surface area contributed by atoms with Crippen molar-refractivity contribution in [2.24, 2.45) is 16.7 Å². The Morgan fingerprint density at radius 3 is 2.23 bits per heavy atom. The van der Waals surface area contributed by atoms with Crippen LogP contribution in [0, 0.1) is 16.7 Å². The first-order valence-electron chi connectivity index (χ1n) is 11.0. The standard InChI is InChI=1S/C26H38O4/c1-7-26(5,6)19-23(25(2,3)4)24(27)30-17-15-28-14-16-29-22-13-12-20-10-8-9-11-21(20)18-22/h8-13,18,23H,7,14-17,19H2,1-6H3. The number of hydrogen-bond donors (Lipinski definition) is 0. The van der Waals surface area contributed by atoms with Gasteiger partial charge in [-0.25, -0.2) is 0 Å². The summed E-state index contributed by atoms with van der Waals surface area (Å²) in [6, 6.07) is 14.2. The van der Waals surface area contributed by atoms with Crippen LogP contribution in [0.2, 0.25) is 0 Å². The van der Waals surface area contributed by atoms with Crippen LogP contribution >= 0.6 is 0 Å². The summed E-state index contributed by atoms with van der Waals surface area (Å²) in [6.45, 7) is 14.4. The zero-order chi connectivity index (χ0) is 22.2. The molecule has 0 radical (unpaired) electrons. The summed E-state index contributed by atoms with van der Waals surface area (Å²) in [5.41, 5.74) is -0.00829. The number of fused-ring (bicyclic) bond motifs is 1. The highest BCUT2D eigenvalue weighted by atomic mass is 16.6. The average molecular weight is 415 g/mol. The Labute approximate surface area is 181 Å². The van der Waals surface area contributed by atoms with Gasteiger partial charge in [-0.2, -0.15) is 0 Å². The van der Waals surface area contributed by atoms with Crippen LogP contribution in [0.25, 0.3) is 10.8 Å². The van der Waals surface area contributed by atoms with E-state index in [0.29, 0.717) is 19.8 Å². The third kappa shape index (κ3) is 7.64. The molecule has 0 bridgehead atoms. The Morgan fingerprint density at radius 2 is 1.57 bits per heavy atom. The Hall–Kier alpha value is -2.07. The Balaban J connectivity index is 1.68. The number of ether oxygens (including phenoxy) is 3. The van der Waals surface area contributed by atoms with Gasteiger partial charge >= 0.3 is 5.97 Å². The van der Waals surface area contributed by atoms with Crippen molar-refractivity contribution in [1.82, 2.24) is 0 Å². The molecule has 0 amide bonds.